The number of pyridine rings is 1. The number of nitriles is 2. The maximum absolute atomic E-state index is 13.0. The largest absolute Gasteiger partial charge is 0.472 e. The van der Waals surface area contributed by atoms with Crippen molar-refractivity contribution >= 4 is 19.2 Å². The van der Waals surface area contributed by atoms with E-state index in [4.69, 9.17) is 34.3 Å². The lowest BCUT2D eigenvalue weighted by Gasteiger charge is -2.24. The maximum atomic E-state index is 13.0. The van der Waals surface area contributed by atoms with Gasteiger partial charge in [-0.25, -0.2) is 19.0 Å². The molecule has 3 aromatic heterocycles. The molecule has 0 saturated carbocycles. The van der Waals surface area contributed by atoms with Gasteiger partial charge < -0.3 is 35.1 Å². The molecule has 308 valence electrons. The third kappa shape index (κ3) is 13.5. The molecule has 0 amide bonds. The zero-order valence-corrected chi connectivity index (χ0v) is 33.3. The van der Waals surface area contributed by atoms with Gasteiger partial charge in [0.1, 0.15) is 48.4 Å². The summed E-state index contributed by atoms with van der Waals surface area (Å²) in [5.74, 6) is 0.278. The average Bonchev–Trinajstić information content (AvgIpc) is 3.75. The fourth-order valence-electron chi connectivity index (χ4n) is 6.70. The Hall–Kier alpha value is -3.70. The second-order valence-electron chi connectivity index (χ2n) is 14.3. The Balaban J connectivity index is 1.18. The van der Waals surface area contributed by atoms with Crippen LogP contribution in [-0.2, 0) is 28.7 Å². The van der Waals surface area contributed by atoms with Gasteiger partial charge in [0.25, 0.3) is 0 Å². The van der Waals surface area contributed by atoms with Gasteiger partial charge in [0.2, 0.25) is 11.5 Å². The summed E-state index contributed by atoms with van der Waals surface area (Å²) in [5.41, 5.74) is 4.53. The van der Waals surface area contributed by atoms with E-state index in [1.165, 1.54) is 118 Å². The topological polar surface area (TPSA) is 241 Å². The molecule has 0 aliphatic carbocycles. The zero-order valence-electron chi connectivity index (χ0n) is 32.4. The van der Waals surface area contributed by atoms with Crippen molar-refractivity contribution in [1.29, 1.82) is 10.5 Å². The van der Waals surface area contributed by atoms with Gasteiger partial charge in [-0.05, 0) is 24.6 Å². The highest BCUT2D eigenvalue weighted by Gasteiger charge is 2.58. The van der Waals surface area contributed by atoms with Crippen LogP contribution in [0.3, 0.4) is 0 Å². The molecule has 1 aliphatic rings. The van der Waals surface area contributed by atoms with Gasteiger partial charge in [-0.3, -0.25) is 9.05 Å². The Morgan fingerprint density at radius 1 is 0.911 bits per heavy atom. The molecule has 1 saturated heterocycles. The van der Waals surface area contributed by atoms with E-state index in [1.54, 1.807) is 0 Å². The molecular weight excluding hydrogens is 741 g/mol. The Morgan fingerprint density at radius 2 is 1.55 bits per heavy atom. The van der Waals surface area contributed by atoms with Gasteiger partial charge in [-0.1, -0.05) is 103 Å². The predicted octanol–water partition coefficient (Wildman–Crippen LogP) is 6.28. The van der Waals surface area contributed by atoms with Crippen LogP contribution in [0.25, 0.3) is 5.52 Å². The Labute approximate surface area is 329 Å². The molecule has 0 bridgehead atoms. The summed E-state index contributed by atoms with van der Waals surface area (Å²) >= 11 is 0. The summed E-state index contributed by atoms with van der Waals surface area (Å²) in [5, 5.41) is 45.0. The molecule has 5 N–H and O–H groups in total. The van der Waals surface area contributed by atoms with Gasteiger partial charge in [-0.15, -0.1) is 0 Å². The van der Waals surface area contributed by atoms with Crippen molar-refractivity contribution in [3.05, 3.63) is 48.0 Å². The SMILES string of the molecule is CCCCCCCCCCCCCCCCCCOC[C@H](COP(=O)(O)OC[C@H]1O[C@@](C#N)(c2ccc3c(N)ncnn23)[C@H](O)[C@@H]1O)Oc1ccc(C#N)cn1. The molecule has 0 radical (unpaired) electrons. The molecule has 1 unspecified atom stereocenters. The minimum absolute atomic E-state index is 0.0150. The summed E-state index contributed by atoms with van der Waals surface area (Å²) in [6, 6.07) is 9.89. The van der Waals surface area contributed by atoms with Crippen molar-refractivity contribution in [2.45, 2.75) is 140 Å². The number of anilines is 1. The van der Waals surface area contributed by atoms with Gasteiger partial charge >= 0.3 is 7.82 Å². The molecule has 4 rings (SSSR count). The van der Waals surface area contributed by atoms with Crippen LogP contribution in [0.15, 0.2) is 36.8 Å². The van der Waals surface area contributed by atoms with Gasteiger partial charge in [0.15, 0.2) is 5.82 Å². The van der Waals surface area contributed by atoms with Crippen LogP contribution in [0.4, 0.5) is 5.82 Å². The first-order chi connectivity index (χ1) is 27.1. The fraction of sp³-hybridized carbons (Fsp3) is 0.667. The summed E-state index contributed by atoms with van der Waals surface area (Å²) in [6.07, 6.45) is 17.0. The number of hydrogen-bond donors (Lipinski definition) is 4. The van der Waals surface area contributed by atoms with Crippen molar-refractivity contribution < 1.29 is 42.9 Å². The molecular formula is C39H58N7O9P. The average molecular weight is 800 g/mol. The smallest absolute Gasteiger partial charge is 0.469 e. The molecule has 16 nitrogen and oxygen atoms in total. The molecule has 1 aliphatic heterocycles. The number of unbranched alkanes of at least 4 members (excludes halogenated alkanes) is 15. The Bertz CT molecular complexity index is 1730. The monoisotopic (exact) mass is 799 g/mol. The van der Waals surface area contributed by atoms with Crippen LogP contribution >= 0.6 is 7.82 Å². The number of phosphoric ester groups is 1. The number of hydrogen-bond acceptors (Lipinski definition) is 14. The maximum Gasteiger partial charge on any atom is 0.472 e. The normalized spacial score (nSPS) is 21.1. The van der Waals surface area contributed by atoms with E-state index in [0.717, 1.165) is 25.6 Å². The standard InChI is InChI=1S/C39H58N7O9P/c1-2-3-4-5-6-7-8-9-10-11-12-13-14-15-16-17-22-51-25-31(54-35-21-18-30(23-40)24-43-35)26-52-56(49,50)53-27-33-36(47)37(48)39(28-41,55-33)34-20-19-32-38(42)44-29-45-46(32)34/h18-21,24,29,31,33,36-37,47-48H,2-17,22,25-27H2,1H3,(H,49,50)(H2,42,44,45)/t31-,33-,36-,37-,39+/m1/s1. The lowest BCUT2D eigenvalue weighted by molar-refractivity contribution is -0.0652. The summed E-state index contributed by atoms with van der Waals surface area (Å²) in [6.45, 7) is 1.58. The van der Waals surface area contributed by atoms with Crippen molar-refractivity contribution in [3.8, 4) is 18.0 Å². The van der Waals surface area contributed by atoms with Crippen LogP contribution in [0.2, 0.25) is 0 Å². The van der Waals surface area contributed by atoms with Crippen LogP contribution in [0.5, 0.6) is 5.88 Å². The quantitative estimate of drug-likeness (QED) is 0.0467. The molecule has 17 heteroatoms. The summed E-state index contributed by atoms with van der Waals surface area (Å²) < 4.78 is 42.1. The van der Waals surface area contributed by atoms with Gasteiger partial charge in [-0.2, -0.15) is 15.6 Å². The first-order valence-electron chi connectivity index (χ1n) is 19.9. The number of aromatic nitrogens is 4. The molecule has 4 heterocycles. The third-order valence-electron chi connectivity index (χ3n) is 9.91. The third-order valence-corrected chi connectivity index (χ3v) is 10.9. The number of nitrogens with two attached hydrogens (primary N) is 1. The highest BCUT2D eigenvalue weighted by atomic mass is 31.2. The van der Waals surface area contributed by atoms with Crippen molar-refractivity contribution in [2.24, 2.45) is 0 Å². The molecule has 3 aromatic rings. The van der Waals surface area contributed by atoms with E-state index in [2.05, 4.69) is 22.0 Å². The Kier molecular flexibility index (Phi) is 18.9. The van der Waals surface area contributed by atoms with E-state index in [-0.39, 0.29) is 24.0 Å². The van der Waals surface area contributed by atoms with E-state index in [9.17, 15) is 24.9 Å². The van der Waals surface area contributed by atoms with Crippen LogP contribution < -0.4 is 10.5 Å². The van der Waals surface area contributed by atoms with Crippen LogP contribution in [0, 0.1) is 22.7 Å². The van der Waals surface area contributed by atoms with E-state index in [0.29, 0.717) is 17.7 Å². The minimum atomic E-state index is -4.79. The molecule has 1 fully saturated rings. The number of ether oxygens (including phenoxy) is 3. The second-order valence-corrected chi connectivity index (χ2v) is 15.7. The summed E-state index contributed by atoms with van der Waals surface area (Å²) in [7, 11) is -4.79. The van der Waals surface area contributed by atoms with Crippen LogP contribution in [0.1, 0.15) is 121 Å². The molecule has 0 spiro atoms. The highest BCUT2D eigenvalue weighted by molar-refractivity contribution is 7.47. The predicted molar refractivity (Wildman–Crippen MR) is 207 cm³/mol. The van der Waals surface area contributed by atoms with Crippen molar-refractivity contribution in [2.75, 3.05) is 32.2 Å². The van der Waals surface area contributed by atoms with E-state index in [1.807, 2.05) is 12.1 Å². The van der Waals surface area contributed by atoms with E-state index < -0.39 is 51.1 Å². The lowest BCUT2D eigenvalue weighted by Crippen LogP contribution is -2.41. The fourth-order valence-corrected chi connectivity index (χ4v) is 7.47. The number of nitrogens with zero attached hydrogens (tertiary/aromatic N) is 6. The first kappa shape index (κ1) is 45.0. The lowest BCUT2D eigenvalue weighted by atomic mass is 9.92. The van der Waals surface area contributed by atoms with Gasteiger partial charge in [0, 0.05) is 18.9 Å². The number of rotatable bonds is 28. The van der Waals surface area contributed by atoms with Gasteiger partial charge in [0.05, 0.1) is 31.1 Å². The van der Waals surface area contributed by atoms with Crippen molar-refractivity contribution in [3.63, 3.8) is 0 Å². The second kappa shape index (κ2) is 23.5. The number of nitrogen functional groups attached to an aromatic ring is 1. The van der Waals surface area contributed by atoms with Crippen LogP contribution in [-0.4, -0.2) is 85.5 Å². The number of aliphatic hydroxyl groups is 2. The number of fused-ring (bicyclic) bond motifs is 1. The highest BCUT2D eigenvalue weighted by Crippen LogP contribution is 2.46. The first-order valence-corrected chi connectivity index (χ1v) is 21.4. The van der Waals surface area contributed by atoms with Crippen molar-refractivity contribution in [1.82, 2.24) is 19.6 Å². The molecule has 0 aromatic carbocycles. The Morgan fingerprint density at radius 3 is 2.14 bits per heavy atom. The molecule has 6 atom stereocenters. The van der Waals surface area contributed by atoms with E-state index >= 15 is 0 Å². The number of aliphatic hydroxyl groups excluding tert-OH is 2. The minimum Gasteiger partial charge on any atom is -0.469 e. The molecule has 56 heavy (non-hydrogen) atoms. The zero-order chi connectivity index (χ0) is 40.2. The number of phosphoric acid groups is 1. The summed E-state index contributed by atoms with van der Waals surface area (Å²) in [4.78, 5) is 18.6.